The minimum atomic E-state index is 0.425. The Labute approximate surface area is 140 Å². The summed E-state index contributed by atoms with van der Waals surface area (Å²) in [6.45, 7) is 4.07. The molecule has 0 aliphatic carbocycles. The molecule has 3 aromatic rings. The number of nitrogen functional groups attached to an aromatic ring is 1. The van der Waals surface area contributed by atoms with Crippen molar-refractivity contribution in [3.8, 4) is 11.3 Å². The first-order valence-electron chi connectivity index (χ1n) is 8.15. The number of hydrogen-bond donors (Lipinski definition) is 3. The zero-order chi connectivity index (χ0) is 16.5. The molecular weight excluding hydrogens is 300 g/mol. The first kappa shape index (κ1) is 14.8. The van der Waals surface area contributed by atoms with E-state index in [0.29, 0.717) is 11.9 Å². The Morgan fingerprint density at radius 2 is 2.21 bits per heavy atom. The van der Waals surface area contributed by atoms with Gasteiger partial charge in [0.2, 0.25) is 0 Å². The number of anilines is 2. The van der Waals surface area contributed by atoms with Crippen LogP contribution in [-0.2, 0) is 0 Å². The highest BCUT2D eigenvalue weighted by atomic mass is 15.1. The Morgan fingerprint density at radius 1 is 1.29 bits per heavy atom. The molecule has 1 aliphatic rings. The van der Waals surface area contributed by atoms with Gasteiger partial charge in [0.05, 0.1) is 5.69 Å². The molecule has 1 saturated heterocycles. The van der Waals surface area contributed by atoms with Crippen LogP contribution in [0.5, 0.6) is 0 Å². The smallest absolute Gasteiger partial charge is 0.133 e. The fourth-order valence-electron chi connectivity index (χ4n) is 3.11. The van der Waals surface area contributed by atoms with E-state index in [1.165, 1.54) is 0 Å². The molecule has 4 N–H and O–H groups in total. The minimum Gasteiger partial charge on any atom is -0.383 e. The largest absolute Gasteiger partial charge is 0.383 e. The molecule has 0 saturated carbocycles. The summed E-state index contributed by atoms with van der Waals surface area (Å²) in [5.41, 5.74) is 9.12. The minimum absolute atomic E-state index is 0.425. The van der Waals surface area contributed by atoms with E-state index in [-0.39, 0.29) is 0 Å². The van der Waals surface area contributed by atoms with Crippen molar-refractivity contribution in [3.05, 3.63) is 42.4 Å². The van der Waals surface area contributed by atoms with Crippen molar-refractivity contribution in [3.63, 3.8) is 0 Å². The van der Waals surface area contributed by atoms with Gasteiger partial charge in [0.1, 0.15) is 11.6 Å². The standard InChI is InChI=1S/C18H20N6/c1-11-2-4-21-9-14(11)16-6-12-7-17(23-13-3-5-20-8-13)22-10-15(12)18(19)24-16/h2,4,6-7,9-10,13,20H,3,5,8H2,1H3,(H2,19,24)(H,22,23)/t13-/m1/s1. The van der Waals surface area contributed by atoms with Crippen LogP contribution in [0.15, 0.2) is 36.8 Å². The van der Waals surface area contributed by atoms with Crippen LogP contribution in [-0.4, -0.2) is 34.1 Å². The molecule has 3 aromatic heterocycles. The number of rotatable bonds is 3. The number of nitrogens with one attached hydrogen (secondary N) is 2. The maximum atomic E-state index is 6.16. The molecule has 4 heterocycles. The number of aryl methyl sites for hydroxylation is 1. The van der Waals surface area contributed by atoms with E-state index < -0.39 is 0 Å². The molecule has 24 heavy (non-hydrogen) atoms. The number of nitrogens with zero attached hydrogens (tertiary/aromatic N) is 3. The van der Waals surface area contributed by atoms with Gasteiger partial charge in [0, 0.05) is 42.1 Å². The van der Waals surface area contributed by atoms with Crippen LogP contribution >= 0.6 is 0 Å². The van der Waals surface area contributed by atoms with Crippen molar-refractivity contribution < 1.29 is 0 Å². The maximum absolute atomic E-state index is 6.16. The van der Waals surface area contributed by atoms with Gasteiger partial charge >= 0.3 is 0 Å². The van der Waals surface area contributed by atoms with Gasteiger partial charge < -0.3 is 16.4 Å². The Morgan fingerprint density at radius 3 is 3.00 bits per heavy atom. The summed E-state index contributed by atoms with van der Waals surface area (Å²) in [6.07, 6.45) is 6.51. The molecular formula is C18H20N6. The van der Waals surface area contributed by atoms with Crippen molar-refractivity contribution in [1.29, 1.82) is 0 Å². The van der Waals surface area contributed by atoms with E-state index in [4.69, 9.17) is 5.73 Å². The molecule has 122 valence electrons. The lowest BCUT2D eigenvalue weighted by Crippen LogP contribution is -2.22. The monoisotopic (exact) mass is 320 g/mol. The van der Waals surface area contributed by atoms with Crippen molar-refractivity contribution in [1.82, 2.24) is 20.3 Å². The molecule has 6 heteroatoms. The Hall–Kier alpha value is -2.73. The maximum Gasteiger partial charge on any atom is 0.133 e. The second kappa shape index (κ2) is 6.05. The van der Waals surface area contributed by atoms with E-state index in [1.54, 1.807) is 12.4 Å². The van der Waals surface area contributed by atoms with Crippen LogP contribution in [0.2, 0.25) is 0 Å². The fraction of sp³-hybridized carbons (Fsp3) is 0.278. The quantitative estimate of drug-likeness (QED) is 0.686. The van der Waals surface area contributed by atoms with Gasteiger partial charge in [-0.15, -0.1) is 0 Å². The van der Waals surface area contributed by atoms with Gasteiger partial charge in [-0.05, 0) is 49.0 Å². The Kier molecular flexibility index (Phi) is 3.74. The molecule has 0 spiro atoms. The second-order valence-electron chi connectivity index (χ2n) is 6.21. The van der Waals surface area contributed by atoms with E-state index in [9.17, 15) is 0 Å². The van der Waals surface area contributed by atoms with E-state index in [0.717, 1.165) is 52.9 Å². The van der Waals surface area contributed by atoms with Gasteiger partial charge in [-0.3, -0.25) is 4.98 Å². The van der Waals surface area contributed by atoms with Gasteiger partial charge in [0.25, 0.3) is 0 Å². The second-order valence-corrected chi connectivity index (χ2v) is 6.21. The van der Waals surface area contributed by atoms with Gasteiger partial charge in [-0.1, -0.05) is 0 Å². The summed E-state index contributed by atoms with van der Waals surface area (Å²) >= 11 is 0. The number of aromatic nitrogens is 3. The lowest BCUT2D eigenvalue weighted by Gasteiger charge is -2.13. The molecule has 6 nitrogen and oxygen atoms in total. The zero-order valence-corrected chi connectivity index (χ0v) is 13.6. The lowest BCUT2D eigenvalue weighted by molar-refractivity contribution is 0.788. The Balaban J connectivity index is 1.76. The molecule has 0 aromatic carbocycles. The molecule has 4 rings (SSSR count). The third-order valence-electron chi connectivity index (χ3n) is 4.47. The van der Waals surface area contributed by atoms with Crippen molar-refractivity contribution in [2.75, 3.05) is 24.1 Å². The van der Waals surface area contributed by atoms with Gasteiger partial charge in [-0.2, -0.15) is 0 Å². The van der Waals surface area contributed by atoms with Crippen molar-refractivity contribution in [2.45, 2.75) is 19.4 Å². The third-order valence-corrected chi connectivity index (χ3v) is 4.47. The topological polar surface area (TPSA) is 88.8 Å². The van der Waals surface area contributed by atoms with E-state index >= 15 is 0 Å². The van der Waals surface area contributed by atoms with Crippen LogP contribution in [0.25, 0.3) is 22.0 Å². The highest BCUT2D eigenvalue weighted by Crippen LogP contribution is 2.28. The predicted molar refractivity (Wildman–Crippen MR) is 96.8 cm³/mol. The van der Waals surface area contributed by atoms with Crippen molar-refractivity contribution in [2.24, 2.45) is 0 Å². The number of fused-ring (bicyclic) bond motifs is 1. The molecule has 0 radical (unpaired) electrons. The SMILES string of the molecule is Cc1ccncc1-c1cc2cc(N[C@@H]3CCNC3)ncc2c(N)n1. The van der Waals surface area contributed by atoms with Crippen LogP contribution in [0, 0.1) is 6.92 Å². The number of pyridine rings is 3. The molecule has 0 bridgehead atoms. The summed E-state index contributed by atoms with van der Waals surface area (Å²) in [7, 11) is 0. The normalized spacial score (nSPS) is 17.3. The lowest BCUT2D eigenvalue weighted by atomic mass is 10.1. The average molecular weight is 320 g/mol. The zero-order valence-electron chi connectivity index (χ0n) is 13.6. The Bertz CT molecular complexity index is 886. The van der Waals surface area contributed by atoms with E-state index in [1.807, 2.05) is 25.3 Å². The van der Waals surface area contributed by atoms with Gasteiger partial charge in [0.15, 0.2) is 0 Å². The highest BCUT2D eigenvalue weighted by Gasteiger charge is 2.15. The third kappa shape index (κ3) is 2.76. The fourth-order valence-corrected chi connectivity index (χ4v) is 3.11. The number of hydrogen-bond acceptors (Lipinski definition) is 6. The summed E-state index contributed by atoms with van der Waals surface area (Å²) in [5.74, 6) is 1.36. The molecule has 0 unspecified atom stereocenters. The summed E-state index contributed by atoms with van der Waals surface area (Å²) in [4.78, 5) is 13.2. The average Bonchev–Trinajstić information content (AvgIpc) is 3.08. The van der Waals surface area contributed by atoms with E-state index in [2.05, 4.69) is 31.7 Å². The van der Waals surface area contributed by atoms with Gasteiger partial charge in [-0.25, -0.2) is 9.97 Å². The molecule has 1 fully saturated rings. The first-order chi connectivity index (χ1) is 11.7. The molecule has 0 amide bonds. The summed E-state index contributed by atoms with van der Waals surface area (Å²) in [5, 5.41) is 8.73. The first-order valence-corrected chi connectivity index (χ1v) is 8.15. The predicted octanol–water partition coefficient (Wildman–Crippen LogP) is 2.36. The van der Waals surface area contributed by atoms with Crippen LogP contribution in [0.1, 0.15) is 12.0 Å². The number of nitrogens with two attached hydrogens (primary N) is 1. The summed E-state index contributed by atoms with van der Waals surface area (Å²) in [6, 6.07) is 6.49. The van der Waals surface area contributed by atoms with Crippen LogP contribution < -0.4 is 16.4 Å². The molecule has 1 aliphatic heterocycles. The van der Waals surface area contributed by atoms with Crippen molar-refractivity contribution >= 4 is 22.4 Å². The van der Waals surface area contributed by atoms with Crippen LogP contribution in [0.4, 0.5) is 11.6 Å². The highest BCUT2D eigenvalue weighted by molar-refractivity contribution is 5.94. The summed E-state index contributed by atoms with van der Waals surface area (Å²) < 4.78 is 0. The van der Waals surface area contributed by atoms with Crippen LogP contribution in [0.3, 0.4) is 0 Å². The molecule has 1 atom stereocenters.